The number of benzene rings is 2. The molecule has 0 aliphatic rings. The second-order valence-electron chi connectivity index (χ2n) is 6.18. The monoisotopic (exact) mass is 421 g/mol. The number of para-hydroxylation sites is 1. The summed E-state index contributed by atoms with van der Waals surface area (Å²) >= 11 is 0. The number of nitrogens with one attached hydrogen (secondary N) is 1. The minimum absolute atomic E-state index is 0.00370. The van der Waals surface area contributed by atoms with Crippen molar-refractivity contribution in [2.75, 3.05) is 25.9 Å². The van der Waals surface area contributed by atoms with Gasteiger partial charge in [-0.3, -0.25) is 14.9 Å². The van der Waals surface area contributed by atoms with E-state index in [1.807, 2.05) is 6.07 Å². The third-order valence-electron chi connectivity index (χ3n) is 4.16. The number of ether oxygens (including phenoxy) is 1. The molecule has 9 nitrogen and oxygen atoms in total. The first kappa shape index (κ1) is 22.3. The molecule has 0 heterocycles. The highest BCUT2D eigenvalue weighted by Gasteiger charge is 2.19. The van der Waals surface area contributed by atoms with Crippen molar-refractivity contribution in [3.8, 4) is 11.5 Å². The zero-order valence-corrected chi connectivity index (χ0v) is 17.0. The summed E-state index contributed by atoms with van der Waals surface area (Å²) in [4.78, 5) is 23.1. The number of nitro groups is 1. The van der Waals surface area contributed by atoms with Crippen LogP contribution in [0, 0.1) is 10.1 Å². The summed E-state index contributed by atoms with van der Waals surface area (Å²) in [6.07, 6.45) is 0.394. The number of amides is 1. The molecule has 0 aliphatic carbocycles. The van der Waals surface area contributed by atoms with Crippen LogP contribution >= 0.6 is 0 Å². The fourth-order valence-electron chi connectivity index (χ4n) is 2.47. The fourth-order valence-corrected chi connectivity index (χ4v) is 3.32. The lowest BCUT2D eigenvalue weighted by Gasteiger charge is -2.16. The number of rotatable bonds is 10. The Labute approximate surface area is 169 Å². The van der Waals surface area contributed by atoms with Crippen molar-refractivity contribution in [1.29, 1.82) is 0 Å². The largest absolute Gasteiger partial charge is 0.457 e. The smallest absolute Gasteiger partial charge is 0.270 e. The van der Waals surface area contributed by atoms with Crippen LogP contribution in [0.1, 0.15) is 23.7 Å². The molecule has 0 aliphatic heterocycles. The average molecular weight is 421 g/mol. The topological polar surface area (TPSA) is 119 Å². The number of nitro benzene ring substituents is 1. The van der Waals surface area contributed by atoms with Crippen LogP contribution in [-0.2, 0) is 10.0 Å². The quantitative estimate of drug-likeness (QED) is 0.358. The van der Waals surface area contributed by atoms with E-state index in [1.165, 1.54) is 23.5 Å². The molecule has 0 saturated heterocycles. The number of carbonyl (C=O) groups is 1. The second-order valence-corrected chi connectivity index (χ2v) is 8.55. The number of sulfonamides is 1. The molecule has 0 unspecified atom stereocenters. The fraction of sp³-hybridized carbons (Fsp3) is 0.316. The summed E-state index contributed by atoms with van der Waals surface area (Å²) in [7, 11) is -1.80. The van der Waals surface area contributed by atoms with Gasteiger partial charge < -0.3 is 10.1 Å². The van der Waals surface area contributed by atoms with E-state index in [4.69, 9.17) is 4.74 Å². The molecule has 0 bridgehead atoms. The van der Waals surface area contributed by atoms with Crippen molar-refractivity contribution in [1.82, 2.24) is 9.62 Å². The SMILES string of the molecule is CCS(=O)(=O)N(C)CCCNC(=O)c1cc([N+](=O)[O-])ccc1Oc1ccccc1. The van der Waals surface area contributed by atoms with E-state index < -0.39 is 20.9 Å². The number of hydrogen-bond acceptors (Lipinski definition) is 6. The molecular formula is C19H23N3O6S. The van der Waals surface area contributed by atoms with Gasteiger partial charge in [0.1, 0.15) is 11.5 Å². The highest BCUT2D eigenvalue weighted by atomic mass is 32.2. The molecule has 2 aromatic carbocycles. The molecule has 2 aromatic rings. The van der Waals surface area contributed by atoms with Gasteiger partial charge in [-0.15, -0.1) is 0 Å². The van der Waals surface area contributed by atoms with Crippen LogP contribution in [0.3, 0.4) is 0 Å². The molecule has 0 fully saturated rings. The van der Waals surface area contributed by atoms with Crippen LogP contribution in [-0.4, -0.2) is 49.4 Å². The Hall–Kier alpha value is -2.98. The van der Waals surface area contributed by atoms with Crippen LogP contribution in [0.15, 0.2) is 48.5 Å². The van der Waals surface area contributed by atoms with Gasteiger partial charge >= 0.3 is 0 Å². The van der Waals surface area contributed by atoms with Gasteiger partial charge in [0, 0.05) is 32.3 Å². The summed E-state index contributed by atoms with van der Waals surface area (Å²) in [6.45, 7) is 2.01. The van der Waals surface area contributed by atoms with Gasteiger partial charge in [-0.1, -0.05) is 18.2 Å². The van der Waals surface area contributed by atoms with Gasteiger partial charge in [-0.2, -0.15) is 0 Å². The number of carbonyl (C=O) groups excluding carboxylic acids is 1. The lowest BCUT2D eigenvalue weighted by atomic mass is 10.1. The van der Waals surface area contributed by atoms with Crippen LogP contribution in [0.4, 0.5) is 5.69 Å². The Morgan fingerprint density at radius 2 is 1.90 bits per heavy atom. The molecule has 29 heavy (non-hydrogen) atoms. The Balaban J connectivity index is 2.09. The van der Waals surface area contributed by atoms with Gasteiger partial charge in [-0.25, -0.2) is 12.7 Å². The van der Waals surface area contributed by atoms with Gasteiger partial charge in [-0.05, 0) is 31.5 Å². The van der Waals surface area contributed by atoms with E-state index in [-0.39, 0.29) is 35.8 Å². The zero-order chi connectivity index (χ0) is 21.4. The van der Waals surface area contributed by atoms with Gasteiger partial charge in [0.25, 0.3) is 11.6 Å². The first-order valence-electron chi connectivity index (χ1n) is 8.98. The average Bonchev–Trinajstić information content (AvgIpc) is 2.71. The van der Waals surface area contributed by atoms with Crippen LogP contribution in [0.25, 0.3) is 0 Å². The predicted octanol–water partition coefficient (Wildman–Crippen LogP) is 2.79. The third-order valence-corrected chi connectivity index (χ3v) is 6.03. The van der Waals surface area contributed by atoms with Crippen LogP contribution in [0.2, 0.25) is 0 Å². The summed E-state index contributed by atoms with van der Waals surface area (Å²) in [6, 6.07) is 12.5. The summed E-state index contributed by atoms with van der Waals surface area (Å²) < 4.78 is 30.4. The molecular weight excluding hydrogens is 398 g/mol. The Kier molecular flexibility index (Phi) is 7.68. The maximum atomic E-state index is 12.6. The lowest BCUT2D eigenvalue weighted by Crippen LogP contribution is -2.32. The van der Waals surface area contributed by atoms with Crippen molar-refractivity contribution in [2.24, 2.45) is 0 Å². The van der Waals surface area contributed by atoms with E-state index in [0.29, 0.717) is 12.2 Å². The number of hydrogen-bond donors (Lipinski definition) is 1. The molecule has 0 aromatic heterocycles. The molecule has 1 amide bonds. The van der Waals surface area contributed by atoms with Crippen molar-refractivity contribution in [3.05, 3.63) is 64.2 Å². The Morgan fingerprint density at radius 1 is 1.21 bits per heavy atom. The Morgan fingerprint density at radius 3 is 2.52 bits per heavy atom. The summed E-state index contributed by atoms with van der Waals surface area (Å²) in [5.74, 6) is 0.136. The van der Waals surface area contributed by atoms with Crippen molar-refractivity contribution >= 4 is 21.6 Å². The first-order valence-corrected chi connectivity index (χ1v) is 10.6. The van der Waals surface area contributed by atoms with Gasteiger partial charge in [0.15, 0.2) is 0 Å². The third kappa shape index (κ3) is 6.26. The molecule has 0 radical (unpaired) electrons. The minimum atomic E-state index is -3.28. The molecule has 1 N–H and O–H groups in total. The van der Waals surface area contributed by atoms with E-state index in [2.05, 4.69) is 5.32 Å². The predicted molar refractivity (Wildman–Crippen MR) is 109 cm³/mol. The van der Waals surface area contributed by atoms with Crippen LogP contribution < -0.4 is 10.1 Å². The highest BCUT2D eigenvalue weighted by molar-refractivity contribution is 7.89. The molecule has 0 saturated carbocycles. The minimum Gasteiger partial charge on any atom is -0.457 e. The maximum absolute atomic E-state index is 12.6. The van der Waals surface area contributed by atoms with E-state index >= 15 is 0 Å². The van der Waals surface area contributed by atoms with E-state index in [1.54, 1.807) is 31.2 Å². The van der Waals surface area contributed by atoms with Crippen molar-refractivity contribution in [2.45, 2.75) is 13.3 Å². The van der Waals surface area contributed by atoms with Crippen molar-refractivity contribution in [3.63, 3.8) is 0 Å². The molecule has 0 atom stereocenters. The van der Waals surface area contributed by atoms with E-state index in [0.717, 1.165) is 6.07 Å². The normalized spacial score (nSPS) is 11.3. The summed E-state index contributed by atoms with van der Waals surface area (Å²) in [5, 5.41) is 13.7. The molecule has 0 spiro atoms. The maximum Gasteiger partial charge on any atom is 0.270 e. The Bertz CT molecular complexity index is 963. The lowest BCUT2D eigenvalue weighted by molar-refractivity contribution is -0.384. The molecule has 156 valence electrons. The standard InChI is InChI=1S/C19H23N3O6S/c1-3-29(26,27)21(2)13-7-12-20-19(23)17-14-15(22(24)25)10-11-18(17)28-16-8-5-4-6-9-16/h4-6,8-11,14H,3,7,12-13H2,1-2H3,(H,20,23). The second kappa shape index (κ2) is 9.99. The zero-order valence-electron chi connectivity index (χ0n) is 16.2. The van der Waals surface area contributed by atoms with Crippen molar-refractivity contribution < 1.29 is 22.9 Å². The van der Waals surface area contributed by atoms with Crippen LogP contribution in [0.5, 0.6) is 11.5 Å². The van der Waals surface area contributed by atoms with Gasteiger partial charge in [0.05, 0.1) is 16.2 Å². The summed E-state index contributed by atoms with van der Waals surface area (Å²) in [5.41, 5.74) is -0.207. The first-order chi connectivity index (χ1) is 13.7. The molecule has 2 rings (SSSR count). The number of non-ortho nitro benzene ring substituents is 1. The van der Waals surface area contributed by atoms with E-state index in [9.17, 15) is 23.3 Å². The van der Waals surface area contributed by atoms with Gasteiger partial charge in [0.2, 0.25) is 10.0 Å². The molecule has 10 heteroatoms. The highest BCUT2D eigenvalue weighted by Crippen LogP contribution is 2.28. The number of nitrogens with zero attached hydrogens (tertiary/aromatic N) is 2.